The number of methoxy groups -OCH3 is 1. The molecule has 0 unspecified atom stereocenters. The molecule has 0 aliphatic carbocycles. The fourth-order valence-electron chi connectivity index (χ4n) is 2.19. The van der Waals surface area contributed by atoms with Gasteiger partial charge in [0.15, 0.2) is 5.17 Å². The van der Waals surface area contributed by atoms with Crippen LogP contribution in [0.4, 0.5) is 5.69 Å². The van der Waals surface area contributed by atoms with Crippen LogP contribution in [0.25, 0.3) is 6.08 Å². The highest BCUT2D eigenvalue weighted by atomic mass is 32.2. The molecule has 1 fully saturated rings. The second-order valence-electron chi connectivity index (χ2n) is 4.49. The van der Waals surface area contributed by atoms with Crippen LogP contribution in [0.2, 0.25) is 0 Å². The molecule has 1 aliphatic heterocycles. The molecule has 1 amide bonds. The zero-order chi connectivity index (χ0) is 15.4. The van der Waals surface area contributed by atoms with Crippen LogP contribution in [0.3, 0.4) is 0 Å². The average molecular weight is 305 g/mol. The Hall–Kier alpha value is -1.95. The molecule has 0 spiro atoms. The lowest BCUT2D eigenvalue weighted by Crippen LogP contribution is -2.21. The Labute approximate surface area is 128 Å². The summed E-state index contributed by atoms with van der Waals surface area (Å²) in [7, 11) is 1.62. The minimum absolute atomic E-state index is 0.157. The van der Waals surface area contributed by atoms with Gasteiger partial charge in [0.1, 0.15) is 5.75 Å². The van der Waals surface area contributed by atoms with E-state index < -0.39 is 0 Å². The van der Waals surface area contributed by atoms with Crippen LogP contribution in [0.5, 0.6) is 5.75 Å². The highest BCUT2D eigenvalue weighted by molar-refractivity contribution is 8.18. The summed E-state index contributed by atoms with van der Waals surface area (Å²) in [5.74, 6) is 0.485. The number of thioether (sulfide) groups is 1. The molecule has 21 heavy (non-hydrogen) atoms. The number of rotatable bonds is 5. The van der Waals surface area contributed by atoms with E-state index in [1.165, 1.54) is 0 Å². The Morgan fingerprint density at radius 1 is 1.38 bits per heavy atom. The van der Waals surface area contributed by atoms with E-state index in [1.54, 1.807) is 13.2 Å². The molecule has 1 aliphatic rings. The van der Waals surface area contributed by atoms with E-state index in [9.17, 15) is 4.79 Å². The summed E-state index contributed by atoms with van der Waals surface area (Å²) in [6, 6.07) is 5.93. The lowest BCUT2D eigenvalue weighted by molar-refractivity contribution is -0.115. The third-order valence-electron chi connectivity index (χ3n) is 3.30. The smallest absolute Gasteiger partial charge is 0.264 e. The maximum Gasteiger partial charge on any atom is 0.264 e. The number of amidine groups is 1. The van der Waals surface area contributed by atoms with Crippen molar-refractivity contribution in [1.82, 2.24) is 5.32 Å². The van der Waals surface area contributed by atoms with Crippen LogP contribution < -0.4 is 15.0 Å². The van der Waals surface area contributed by atoms with Gasteiger partial charge in [-0.25, -0.2) is 0 Å². The zero-order valence-corrected chi connectivity index (χ0v) is 13.2. The highest BCUT2D eigenvalue weighted by Crippen LogP contribution is 2.31. The summed E-state index contributed by atoms with van der Waals surface area (Å²) < 4.78 is 5.43. The predicted molar refractivity (Wildman–Crippen MR) is 88.0 cm³/mol. The van der Waals surface area contributed by atoms with E-state index in [0.29, 0.717) is 4.91 Å². The Balaban J connectivity index is 2.35. The SMILES string of the molecule is CCN(CC)c1ccc(/C=C2\SC(=N)NC2=O)c(OC)c1. The first-order chi connectivity index (χ1) is 10.1. The topological polar surface area (TPSA) is 65.4 Å². The van der Waals surface area contributed by atoms with Gasteiger partial charge in [-0.1, -0.05) is 0 Å². The van der Waals surface area contributed by atoms with Gasteiger partial charge < -0.3 is 15.0 Å². The molecule has 2 N–H and O–H groups in total. The first-order valence-corrected chi connectivity index (χ1v) is 7.63. The van der Waals surface area contributed by atoms with Crippen molar-refractivity contribution in [3.63, 3.8) is 0 Å². The Morgan fingerprint density at radius 2 is 2.10 bits per heavy atom. The highest BCUT2D eigenvalue weighted by Gasteiger charge is 2.22. The number of amides is 1. The number of hydrogen-bond donors (Lipinski definition) is 2. The van der Waals surface area contributed by atoms with E-state index in [1.807, 2.05) is 18.2 Å². The summed E-state index contributed by atoms with van der Waals surface area (Å²) in [6.45, 7) is 6.07. The van der Waals surface area contributed by atoms with Crippen molar-refractivity contribution >= 4 is 34.6 Å². The first-order valence-electron chi connectivity index (χ1n) is 6.81. The molecular formula is C15H19N3O2S. The minimum atomic E-state index is -0.236. The standard InChI is InChI=1S/C15H19N3O2S/c1-4-18(5-2)11-7-6-10(12(9-11)20-3)8-13-14(19)17-15(16)21-13/h6-9H,4-5H2,1-3H3,(H2,16,17,19)/b13-8-. The summed E-state index contributed by atoms with van der Waals surface area (Å²) in [5.41, 5.74) is 1.93. The van der Waals surface area contributed by atoms with Gasteiger partial charge in [0.05, 0.1) is 12.0 Å². The van der Waals surface area contributed by atoms with Crippen LogP contribution in [0, 0.1) is 5.41 Å². The van der Waals surface area contributed by atoms with Crippen LogP contribution in [0.1, 0.15) is 19.4 Å². The number of hydrogen-bond acceptors (Lipinski definition) is 5. The molecule has 0 aromatic heterocycles. The van der Waals surface area contributed by atoms with Gasteiger partial charge in [0.2, 0.25) is 0 Å². The van der Waals surface area contributed by atoms with Crippen LogP contribution in [-0.2, 0) is 4.79 Å². The van der Waals surface area contributed by atoms with Crippen LogP contribution in [-0.4, -0.2) is 31.3 Å². The molecule has 6 heteroatoms. The van der Waals surface area contributed by atoms with Crippen molar-refractivity contribution in [3.05, 3.63) is 28.7 Å². The Kier molecular flexibility index (Phi) is 4.90. The minimum Gasteiger partial charge on any atom is -0.496 e. The van der Waals surface area contributed by atoms with Gasteiger partial charge in [0, 0.05) is 30.4 Å². The third kappa shape index (κ3) is 3.39. The molecule has 0 atom stereocenters. The third-order valence-corrected chi connectivity index (χ3v) is 4.12. The van der Waals surface area contributed by atoms with Gasteiger partial charge in [-0.2, -0.15) is 0 Å². The van der Waals surface area contributed by atoms with Crippen molar-refractivity contribution in [2.75, 3.05) is 25.1 Å². The summed E-state index contributed by atoms with van der Waals surface area (Å²) in [5, 5.41) is 10.1. The molecule has 0 radical (unpaired) electrons. The van der Waals surface area contributed by atoms with Gasteiger partial charge in [0.25, 0.3) is 5.91 Å². The second-order valence-corrected chi connectivity index (χ2v) is 5.54. The maximum atomic E-state index is 11.7. The molecular weight excluding hydrogens is 286 g/mol. The summed E-state index contributed by atoms with van der Waals surface area (Å²) >= 11 is 1.12. The van der Waals surface area contributed by atoms with E-state index in [4.69, 9.17) is 10.1 Å². The van der Waals surface area contributed by atoms with Crippen LogP contribution >= 0.6 is 11.8 Å². The van der Waals surface area contributed by atoms with E-state index >= 15 is 0 Å². The monoisotopic (exact) mass is 305 g/mol. The van der Waals surface area contributed by atoms with Crippen molar-refractivity contribution in [1.29, 1.82) is 5.41 Å². The number of nitrogens with one attached hydrogen (secondary N) is 2. The van der Waals surface area contributed by atoms with Gasteiger partial charge >= 0.3 is 0 Å². The molecule has 5 nitrogen and oxygen atoms in total. The van der Waals surface area contributed by atoms with E-state index in [2.05, 4.69) is 24.1 Å². The zero-order valence-electron chi connectivity index (χ0n) is 12.4. The molecule has 2 rings (SSSR count). The van der Waals surface area contributed by atoms with Crippen molar-refractivity contribution in [2.24, 2.45) is 0 Å². The average Bonchev–Trinajstić information content (AvgIpc) is 2.79. The molecule has 112 valence electrons. The first kappa shape index (κ1) is 15.4. The van der Waals surface area contributed by atoms with Crippen LogP contribution in [0.15, 0.2) is 23.1 Å². The number of carbonyl (C=O) groups is 1. The van der Waals surface area contributed by atoms with Crippen molar-refractivity contribution < 1.29 is 9.53 Å². The number of ether oxygens (including phenoxy) is 1. The predicted octanol–water partition coefficient (Wildman–Crippen LogP) is 2.68. The molecule has 0 saturated carbocycles. The lowest BCUT2D eigenvalue weighted by atomic mass is 10.1. The summed E-state index contributed by atoms with van der Waals surface area (Å²) in [6.07, 6.45) is 1.76. The fourth-order valence-corrected chi connectivity index (χ4v) is 2.88. The lowest BCUT2D eigenvalue weighted by Gasteiger charge is -2.22. The number of nitrogens with zero attached hydrogens (tertiary/aromatic N) is 1. The maximum absolute atomic E-state index is 11.7. The molecule has 1 aromatic rings. The second kappa shape index (κ2) is 6.67. The van der Waals surface area contributed by atoms with E-state index in [-0.39, 0.29) is 11.1 Å². The van der Waals surface area contributed by atoms with Gasteiger partial charge in [-0.05, 0) is 43.8 Å². The van der Waals surface area contributed by atoms with Gasteiger partial charge in [-0.3, -0.25) is 10.2 Å². The molecule has 1 saturated heterocycles. The molecule has 0 bridgehead atoms. The number of benzene rings is 1. The number of anilines is 1. The Bertz CT molecular complexity index is 595. The number of carbonyl (C=O) groups excluding carboxylic acids is 1. The quantitative estimate of drug-likeness (QED) is 0.821. The van der Waals surface area contributed by atoms with Crippen molar-refractivity contribution in [3.8, 4) is 5.75 Å². The largest absolute Gasteiger partial charge is 0.496 e. The Morgan fingerprint density at radius 3 is 2.62 bits per heavy atom. The normalized spacial score (nSPS) is 16.2. The summed E-state index contributed by atoms with van der Waals surface area (Å²) in [4.78, 5) is 14.4. The molecule has 1 aromatic carbocycles. The molecule has 1 heterocycles. The van der Waals surface area contributed by atoms with Gasteiger partial charge in [-0.15, -0.1) is 0 Å². The fraction of sp³-hybridized carbons (Fsp3) is 0.333. The van der Waals surface area contributed by atoms with E-state index in [0.717, 1.165) is 41.9 Å². The van der Waals surface area contributed by atoms with Crippen molar-refractivity contribution in [2.45, 2.75) is 13.8 Å².